The summed E-state index contributed by atoms with van der Waals surface area (Å²) in [6.45, 7) is 1.31. The second kappa shape index (κ2) is 5.50. The third-order valence-corrected chi connectivity index (χ3v) is 3.52. The van der Waals surface area contributed by atoms with Gasteiger partial charge in [0.2, 0.25) is 0 Å². The van der Waals surface area contributed by atoms with Crippen LogP contribution in [0, 0.1) is 0 Å². The lowest BCUT2D eigenvalue weighted by Gasteiger charge is -2.17. The third kappa shape index (κ3) is 2.75. The standard InChI is InChI=1S/C13H14ClN5O/c14-10-2-1-3-11(8-10)17-13(20)18-7-4-12(9-18)19-15-5-6-16-19/h1-3,5-6,8,12H,4,7,9H2,(H,17,20). The molecule has 3 rings (SSSR count). The fraction of sp³-hybridized carbons (Fsp3) is 0.308. The van der Waals surface area contributed by atoms with Gasteiger partial charge in [0.1, 0.15) is 0 Å². The zero-order valence-corrected chi connectivity index (χ0v) is 11.5. The fourth-order valence-corrected chi connectivity index (χ4v) is 2.49. The number of benzene rings is 1. The number of rotatable bonds is 2. The van der Waals surface area contributed by atoms with E-state index >= 15 is 0 Å². The molecular weight excluding hydrogens is 278 g/mol. The van der Waals surface area contributed by atoms with E-state index in [-0.39, 0.29) is 12.1 Å². The summed E-state index contributed by atoms with van der Waals surface area (Å²) in [4.78, 5) is 15.6. The van der Waals surface area contributed by atoms with Gasteiger partial charge in [0.15, 0.2) is 0 Å². The van der Waals surface area contributed by atoms with Crippen LogP contribution in [0.4, 0.5) is 10.5 Å². The van der Waals surface area contributed by atoms with Crippen molar-refractivity contribution < 1.29 is 4.79 Å². The molecule has 20 heavy (non-hydrogen) atoms. The molecule has 1 unspecified atom stereocenters. The first-order chi connectivity index (χ1) is 9.72. The van der Waals surface area contributed by atoms with Crippen LogP contribution >= 0.6 is 11.6 Å². The molecule has 104 valence electrons. The molecule has 6 nitrogen and oxygen atoms in total. The van der Waals surface area contributed by atoms with E-state index < -0.39 is 0 Å². The van der Waals surface area contributed by atoms with Gasteiger partial charge in [0, 0.05) is 23.8 Å². The molecule has 2 amide bonds. The van der Waals surface area contributed by atoms with Gasteiger partial charge in [-0.3, -0.25) is 0 Å². The summed E-state index contributed by atoms with van der Waals surface area (Å²) in [5.74, 6) is 0. The molecule has 1 aromatic heterocycles. The minimum Gasteiger partial charge on any atom is -0.322 e. The smallest absolute Gasteiger partial charge is 0.321 e. The predicted molar refractivity (Wildman–Crippen MR) is 75.7 cm³/mol. The van der Waals surface area contributed by atoms with Gasteiger partial charge in [-0.05, 0) is 24.6 Å². The summed E-state index contributed by atoms with van der Waals surface area (Å²) in [6.07, 6.45) is 4.15. The first-order valence-electron chi connectivity index (χ1n) is 6.39. The number of carbonyl (C=O) groups is 1. The number of nitrogens with zero attached hydrogens (tertiary/aromatic N) is 4. The second-order valence-corrected chi connectivity index (χ2v) is 5.11. The predicted octanol–water partition coefficient (Wildman–Crippen LogP) is 2.41. The first kappa shape index (κ1) is 12.9. The Labute approximate surface area is 121 Å². The summed E-state index contributed by atoms with van der Waals surface area (Å²) < 4.78 is 0. The van der Waals surface area contributed by atoms with E-state index in [4.69, 9.17) is 11.6 Å². The highest BCUT2D eigenvalue weighted by Gasteiger charge is 2.28. The van der Waals surface area contributed by atoms with E-state index in [1.165, 1.54) is 0 Å². The number of nitrogens with one attached hydrogen (secondary N) is 1. The molecule has 0 spiro atoms. The van der Waals surface area contributed by atoms with Gasteiger partial charge in [0.25, 0.3) is 0 Å². The molecule has 0 saturated carbocycles. The van der Waals surface area contributed by atoms with Crippen LogP contribution in [0.25, 0.3) is 0 Å². The third-order valence-electron chi connectivity index (χ3n) is 3.29. The van der Waals surface area contributed by atoms with E-state index in [9.17, 15) is 4.79 Å². The molecule has 1 aliphatic heterocycles. The molecule has 1 aliphatic rings. The van der Waals surface area contributed by atoms with Gasteiger partial charge < -0.3 is 10.2 Å². The topological polar surface area (TPSA) is 63.1 Å². The van der Waals surface area contributed by atoms with Crippen LogP contribution in [0.15, 0.2) is 36.7 Å². The maximum atomic E-state index is 12.2. The van der Waals surface area contributed by atoms with Gasteiger partial charge >= 0.3 is 6.03 Å². The maximum absolute atomic E-state index is 12.2. The molecule has 1 aromatic carbocycles. The number of likely N-dealkylation sites (tertiary alicyclic amines) is 1. The summed E-state index contributed by atoms with van der Waals surface area (Å²) in [5.41, 5.74) is 0.697. The summed E-state index contributed by atoms with van der Waals surface area (Å²) in [7, 11) is 0. The SMILES string of the molecule is O=C(Nc1cccc(Cl)c1)N1CCC(n2nccn2)C1. The number of carbonyl (C=O) groups excluding carboxylic acids is 1. The molecule has 1 saturated heterocycles. The lowest BCUT2D eigenvalue weighted by Crippen LogP contribution is -2.33. The van der Waals surface area contributed by atoms with Crippen molar-refractivity contribution in [2.45, 2.75) is 12.5 Å². The van der Waals surface area contributed by atoms with Crippen LogP contribution in [0.5, 0.6) is 0 Å². The van der Waals surface area contributed by atoms with Crippen LogP contribution in [0.3, 0.4) is 0 Å². The van der Waals surface area contributed by atoms with Gasteiger partial charge in [0.05, 0.1) is 18.4 Å². The summed E-state index contributed by atoms with van der Waals surface area (Å²) in [5, 5.41) is 11.7. The van der Waals surface area contributed by atoms with Crippen LogP contribution in [-0.2, 0) is 0 Å². The Morgan fingerprint density at radius 1 is 1.35 bits per heavy atom. The van der Waals surface area contributed by atoms with Crippen LogP contribution < -0.4 is 5.32 Å². The molecule has 0 bridgehead atoms. The minimum absolute atomic E-state index is 0.123. The highest BCUT2D eigenvalue weighted by Crippen LogP contribution is 2.21. The zero-order chi connectivity index (χ0) is 13.9. The van der Waals surface area contributed by atoms with Gasteiger partial charge in [-0.2, -0.15) is 15.0 Å². The summed E-state index contributed by atoms with van der Waals surface area (Å²) >= 11 is 5.89. The van der Waals surface area contributed by atoms with Crippen molar-refractivity contribution in [3.8, 4) is 0 Å². The highest BCUT2D eigenvalue weighted by molar-refractivity contribution is 6.30. The first-order valence-corrected chi connectivity index (χ1v) is 6.77. The molecule has 0 radical (unpaired) electrons. The van der Waals surface area contributed by atoms with Crippen molar-refractivity contribution in [3.63, 3.8) is 0 Å². The van der Waals surface area contributed by atoms with Gasteiger partial charge in [-0.15, -0.1) is 0 Å². The fourth-order valence-electron chi connectivity index (χ4n) is 2.30. The number of urea groups is 1. The maximum Gasteiger partial charge on any atom is 0.321 e. The number of amides is 2. The lowest BCUT2D eigenvalue weighted by atomic mass is 10.3. The average molecular weight is 292 g/mol. The monoisotopic (exact) mass is 291 g/mol. The van der Waals surface area contributed by atoms with Crippen molar-refractivity contribution in [3.05, 3.63) is 41.7 Å². The van der Waals surface area contributed by atoms with Crippen molar-refractivity contribution in [1.29, 1.82) is 0 Å². The summed E-state index contributed by atoms with van der Waals surface area (Å²) in [6, 6.07) is 7.14. The Kier molecular flexibility index (Phi) is 3.56. The number of hydrogen-bond acceptors (Lipinski definition) is 3. The average Bonchev–Trinajstić information content (AvgIpc) is 3.10. The van der Waals surface area contributed by atoms with Gasteiger partial charge in [-0.25, -0.2) is 4.79 Å². The zero-order valence-electron chi connectivity index (χ0n) is 10.7. The van der Waals surface area contributed by atoms with E-state index in [1.807, 2.05) is 6.07 Å². The second-order valence-electron chi connectivity index (χ2n) is 4.68. The van der Waals surface area contributed by atoms with E-state index in [2.05, 4.69) is 15.5 Å². The van der Waals surface area contributed by atoms with Crippen molar-refractivity contribution in [1.82, 2.24) is 19.9 Å². The lowest BCUT2D eigenvalue weighted by molar-refractivity contribution is 0.220. The molecule has 2 heterocycles. The van der Waals surface area contributed by atoms with Gasteiger partial charge in [-0.1, -0.05) is 17.7 Å². The minimum atomic E-state index is -0.123. The molecular formula is C13H14ClN5O. The Hall–Kier alpha value is -2.08. The number of halogens is 1. The largest absolute Gasteiger partial charge is 0.322 e. The molecule has 2 aromatic rings. The molecule has 1 atom stereocenters. The van der Waals surface area contributed by atoms with E-state index in [0.29, 0.717) is 23.8 Å². The van der Waals surface area contributed by atoms with Crippen molar-refractivity contribution >= 4 is 23.3 Å². The quantitative estimate of drug-likeness (QED) is 0.924. The Morgan fingerprint density at radius 2 is 2.15 bits per heavy atom. The van der Waals surface area contributed by atoms with E-state index in [0.717, 1.165) is 6.42 Å². The normalized spacial score (nSPS) is 18.2. The van der Waals surface area contributed by atoms with E-state index in [1.54, 1.807) is 40.3 Å². The number of aromatic nitrogens is 3. The molecule has 0 aliphatic carbocycles. The number of hydrogen-bond donors (Lipinski definition) is 1. The van der Waals surface area contributed by atoms with Crippen LogP contribution in [0.2, 0.25) is 5.02 Å². The Morgan fingerprint density at radius 3 is 2.90 bits per heavy atom. The van der Waals surface area contributed by atoms with Crippen LogP contribution in [-0.4, -0.2) is 39.0 Å². The Bertz CT molecular complexity index is 601. The molecule has 1 fully saturated rings. The highest BCUT2D eigenvalue weighted by atomic mass is 35.5. The number of anilines is 1. The van der Waals surface area contributed by atoms with Crippen molar-refractivity contribution in [2.75, 3.05) is 18.4 Å². The van der Waals surface area contributed by atoms with Crippen LogP contribution in [0.1, 0.15) is 12.5 Å². The Balaban J connectivity index is 1.61. The van der Waals surface area contributed by atoms with Crippen molar-refractivity contribution in [2.24, 2.45) is 0 Å². The molecule has 1 N–H and O–H groups in total. The molecule has 7 heteroatoms.